The zero-order valence-electron chi connectivity index (χ0n) is 18.7. The van der Waals surface area contributed by atoms with Gasteiger partial charge in [0.15, 0.2) is 12.0 Å². The molecule has 0 bridgehead atoms. The molecular formula is C27H19ClF2N4O2. The molecule has 9 heteroatoms. The molecule has 0 spiro atoms. The van der Waals surface area contributed by atoms with Crippen molar-refractivity contribution >= 4 is 34.1 Å². The van der Waals surface area contributed by atoms with Crippen molar-refractivity contribution in [3.8, 4) is 11.1 Å². The largest absolute Gasteiger partial charge is 0.618 e. The van der Waals surface area contributed by atoms with Gasteiger partial charge in [0, 0.05) is 17.1 Å². The maximum absolute atomic E-state index is 14.5. The number of pyridine rings is 1. The predicted octanol–water partition coefficient (Wildman–Crippen LogP) is 5.76. The van der Waals surface area contributed by atoms with Gasteiger partial charge in [-0.3, -0.25) is 9.89 Å². The maximum Gasteiger partial charge on any atom is 0.238 e. The minimum atomic E-state index is -0.961. The lowest BCUT2D eigenvalue weighted by molar-refractivity contribution is -0.614. The average Bonchev–Trinajstić information content (AvgIpc) is 3.34. The van der Waals surface area contributed by atoms with Crippen LogP contribution in [0.25, 0.3) is 22.0 Å². The Bertz CT molecular complexity index is 1570. The number of aromatic amines is 1. The molecule has 0 fully saturated rings. The van der Waals surface area contributed by atoms with Crippen molar-refractivity contribution in [2.75, 3.05) is 5.32 Å². The van der Waals surface area contributed by atoms with Crippen molar-refractivity contribution in [2.45, 2.75) is 12.3 Å². The molecule has 3 aromatic carbocycles. The van der Waals surface area contributed by atoms with Crippen LogP contribution in [-0.2, 0) is 11.2 Å². The van der Waals surface area contributed by atoms with Crippen molar-refractivity contribution in [3.63, 3.8) is 0 Å². The zero-order chi connectivity index (χ0) is 25.2. The van der Waals surface area contributed by atoms with Gasteiger partial charge in [-0.05, 0) is 48.4 Å². The quantitative estimate of drug-likeness (QED) is 0.175. The molecule has 1 atom stereocenters. The number of fused-ring (bicyclic) bond motifs is 1. The van der Waals surface area contributed by atoms with Gasteiger partial charge in [-0.15, -0.1) is 0 Å². The van der Waals surface area contributed by atoms with Gasteiger partial charge in [0.05, 0.1) is 27.9 Å². The molecule has 0 aliphatic rings. The van der Waals surface area contributed by atoms with Crippen LogP contribution < -0.4 is 10.0 Å². The average molecular weight is 505 g/mol. The lowest BCUT2D eigenvalue weighted by Gasteiger charge is -2.17. The second-order valence-corrected chi connectivity index (χ2v) is 8.70. The molecule has 0 saturated carbocycles. The molecule has 0 aliphatic carbocycles. The highest BCUT2D eigenvalue weighted by Gasteiger charge is 2.29. The summed E-state index contributed by atoms with van der Waals surface area (Å²) in [5.41, 5.74) is 1.86. The summed E-state index contributed by atoms with van der Waals surface area (Å²) in [7, 11) is 0. The Morgan fingerprint density at radius 2 is 1.89 bits per heavy atom. The van der Waals surface area contributed by atoms with Crippen LogP contribution in [0.15, 0.2) is 85.2 Å². The van der Waals surface area contributed by atoms with Crippen molar-refractivity contribution in [3.05, 3.63) is 118 Å². The summed E-state index contributed by atoms with van der Waals surface area (Å²) in [6.07, 6.45) is 2.96. The number of amides is 1. The van der Waals surface area contributed by atoms with Crippen LogP contribution in [0.3, 0.4) is 0 Å². The Morgan fingerprint density at radius 1 is 1.08 bits per heavy atom. The topological polar surface area (TPSA) is 84.7 Å². The van der Waals surface area contributed by atoms with Gasteiger partial charge in [-0.1, -0.05) is 41.9 Å². The second-order valence-electron chi connectivity index (χ2n) is 8.29. The first-order valence-electron chi connectivity index (χ1n) is 11.1. The first-order chi connectivity index (χ1) is 17.4. The van der Waals surface area contributed by atoms with E-state index < -0.39 is 29.0 Å². The van der Waals surface area contributed by atoms with E-state index in [1.54, 1.807) is 18.3 Å². The van der Waals surface area contributed by atoms with Gasteiger partial charge >= 0.3 is 0 Å². The van der Waals surface area contributed by atoms with Gasteiger partial charge < -0.3 is 10.5 Å². The van der Waals surface area contributed by atoms with E-state index in [2.05, 4.69) is 15.5 Å². The zero-order valence-corrected chi connectivity index (χ0v) is 19.5. The first-order valence-corrected chi connectivity index (χ1v) is 11.4. The monoisotopic (exact) mass is 504 g/mol. The third-order valence-corrected chi connectivity index (χ3v) is 6.23. The predicted molar refractivity (Wildman–Crippen MR) is 133 cm³/mol. The van der Waals surface area contributed by atoms with E-state index in [9.17, 15) is 18.8 Å². The van der Waals surface area contributed by atoms with Crippen LogP contribution in [0.5, 0.6) is 0 Å². The number of hydrogen-bond donors (Lipinski definition) is 2. The summed E-state index contributed by atoms with van der Waals surface area (Å²) in [6, 6.07) is 19.5. The second kappa shape index (κ2) is 9.75. The first kappa shape index (κ1) is 23.4. The van der Waals surface area contributed by atoms with Gasteiger partial charge in [-0.25, -0.2) is 8.78 Å². The van der Waals surface area contributed by atoms with Crippen LogP contribution in [0.2, 0.25) is 5.02 Å². The molecule has 2 N–H and O–H groups in total. The standard InChI is InChI=1S/C27H19ClF2N4O2/c28-21-9-10-22(29)25(26(21)30)18-7-11-24(34(36)15-18)20(12-16-4-2-1-3-5-16)27(35)32-19-8-6-17-14-31-33-23(17)13-19/h1-11,13-15,20H,12H2,(H,31,33)(H,32,35). The number of anilines is 1. The number of carbonyl (C=O) groups excluding carboxylic acids is 1. The number of carbonyl (C=O) groups is 1. The molecule has 0 aliphatic heterocycles. The summed E-state index contributed by atoms with van der Waals surface area (Å²) < 4.78 is 29.4. The van der Waals surface area contributed by atoms with Crippen LogP contribution in [-0.4, -0.2) is 16.1 Å². The van der Waals surface area contributed by atoms with Crippen molar-refractivity contribution in [1.29, 1.82) is 0 Å². The lowest BCUT2D eigenvalue weighted by Crippen LogP contribution is -2.38. The molecule has 2 aromatic heterocycles. The maximum atomic E-state index is 14.5. The number of nitrogens with zero attached hydrogens (tertiary/aromatic N) is 2. The molecule has 36 heavy (non-hydrogen) atoms. The highest BCUT2D eigenvalue weighted by Crippen LogP contribution is 2.31. The Kier molecular flexibility index (Phi) is 6.35. The summed E-state index contributed by atoms with van der Waals surface area (Å²) in [4.78, 5) is 13.4. The van der Waals surface area contributed by atoms with Crippen molar-refractivity contribution in [1.82, 2.24) is 10.2 Å². The van der Waals surface area contributed by atoms with Crippen molar-refractivity contribution in [2.24, 2.45) is 0 Å². The molecule has 5 rings (SSSR count). The van der Waals surface area contributed by atoms with Gasteiger partial charge in [0.1, 0.15) is 11.7 Å². The van der Waals surface area contributed by atoms with Crippen LogP contribution in [0.1, 0.15) is 17.2 Å². The summed E-state index contributed by atoms with van der Waals surface area (Å²) >= 11 is 5.81. The number of benzene rings is 3. The third kappa shape index (κ3) is 4.63. The minimum absolute atomic E-state index is 0.00909. The fraction of sp³-hybridized carbons (Fsp3) is 0.0741. The van der Waals surface area contributed by atoms with E-state index in [1.165, 1.54) is 12.1 Å². The molecule has 180 valence electrons. The van der Waals surface area contributed by atoms with E-state index >= 15 is 0 Å². The van der Waals surface area contributed by atoms with E-state index in [4.69, 9.17) is 11.6 Å². The molecule has 0 saturated heterocycles. The van der Waals surface area contributed by atoms with Gasteiger partial charge in [0.2, 0.25) is 11.6 Å². The summed E-state index contributed by atoms with van der Waals surface area (Å²) in [5.74, 6) is -3.10. The van der Waals surface area contributed by atoms with Crippen molar-refractivity contribution < 1.29 is 18.3 Å². The van der Waals surface area contributed by atoms with Crippen LogP contribution in [0.4, 0.5) is 14.5 Å². The smallest absolute Gasteiger partial charge is 0.238 e. The molecular weight excluding hydrogens is 486 g/mol. The Hall–Kier alpha value is -4.30. The number of hydrogen-bond acceptors (Lipinski definition) is 3. The highest BCUT2D eigenvalue weighted by molar-refractivity contribution is 6.31. The molecule has 1 amide bonds. The van der Waals surface area contributed by atoms with E-state index in [1.807, 2.05) is 36.4 Å². The Morgan fingerprint density at radius 3 is 2.67 bits per heavy atom. The fourth-order valence-corrected chi connectivity index (χ4v) is 4.28. The van der Waals surface area contributed by atoms with Gasteiger partial charge in [0.25, 0.3) is 0 Å². The normalized spacial score (nSPS) is 12.0. The molecule has 1 unspecified atom stereocenters. The lowest BCUT2D eigenvalue weighted by atomic mass is 9.93. The van der Waals surface area contributed by atoms with Crippen LogP contribution in [0, 0.1) is 16.8 Å². The number of nitrogens with one attached hydrogen (secondary N) is 2. The van der Waals surface area contributed by atoms with Gasteiger partial charge in [-0.2, -0.15) is 9.83 Å². The van der Waals surface area contributed by atoms with E-state index in [0.29, 0.717) is 10.4 Å². The molecule has 2 heterocycles. The highest BCUT2D eigenvalue weighted by atomic mass is 35.5. The molecule has 5 aromatic rings. The molecule has 6 nitrogen and oxygen atoms in total. The van der Waals surface area contributed by atoms with E-state index in [-0.39, 0.29) is 22.7 Å². The number of halogens is 3. The van der Waals surface area contributed by atoms with E-state index in [0.717, 1.165) is 34.8 Å². The summed E-state index contributed by atoms with van der Waals surface area (Å²) in [5, 5.41) is 23.4. The molecule has 0 radical (unpaired) electrons. The minimum Gasteiger partial charge on any atom is -0.618 e. The SMILES string of the molecule is O=C(Nc1ccc2cn[nH]c2c1)C(Cc1ccccc1)c1ccc(-c2c(F)ccc(Cl)c2F)c[n+]1[O-]. The van der Waals surface area contributed by atoms with Crippen LogP contribution >= 0.6 is 11.6 Å². The summed E-state index contributed by atoms with van der Waals surface area (Å²) in [6.45, 7) is 0. The number of aromatic nitrogens is 3. The Labute approximate surface area is 209 Å². The number of H-pyrrole nitrogens is 1. The third-order valence-electron chi connectivity index (χ3n) is 5.94. The Balaban J connectivity index is 1.51. The number of rotatable bonds is 6. The fourth-order valence-electron chi connectivity index (χ4n) is 4.13.